The monoisotopic (exact) mass is 706 g/mol. The van der Waals surface area contributed by atoms with Gasteiger partial charge in [-0.25, -0.2) is 22.4 Å². The molecule has 11 heteroatoms. The van der Waals surface area contributed by atoms with Gasteiger partial charge in [0.05, 0.1) is 19.8 Å². The summed E-state index contributed by atoms with van der Waals surface area (Å²) in [4.78, 5) is 24.2. The molecule has 0 bridgehead atoms. The summed E-state index contributed by atoms with van der Waals surface area (Å²) in [6.45, 7) is 3.26. The minimum atomic E-state index is -0.775. The fourth-order valence-electron chi connectivity index (χ4n) is 5.51. The van der Waals surface area contributed by atoms with Crippen molar-refractivity contribution in [2.75, 3.05) is 19.8 Å². The van der Waals surface area contributed by atoms with Gasteiger partial charge in [0.2, 0.25) is 0 Å². The molecule has 7 nitrogen and oxygen atoms in total. The Morgan fingerprint density at radius 3 is 1.51 bits per heavy atom. The van der Waals surface area contributed by atoms with E-state index in [1.807, 2.05) is 0 Å². The van der Waals surface area contributed by atoms with Crippen molar-refractivity contribution in [3.05, 3.63) is 137 Å². The molecule has 0 spiro atoms. The van der Waals surface area contributed by atoms with Gasteiger partial charge in [-0.05, 0) is 110 Å². The molecular formula is C40H38F4O7. The van der Waals surface area contributed by atoms with Crippen molar-refractivity contribution in [3.63, 3.8) is 0 Å². The third-order valence-electron chi connectivity index (χ3n) is 7.94. The van der Waals surface area contributed by atoms with Crippen molar-refractivity contribution in [2.24, 2.45) is 0 Å². The van der Waals surface area contributed by atoms with Gasteiger partial charge in [0.1, 0.15) is 34.8 Å². The topological polar surface area (TPSA) is 80.3 Å². The van der Waals surface area contributed by atoms with E-state index in [0.717, 1.165) is 62.8 Å². The van der Waals surface area contributed by atoms with Crippen LogP contribution in [0.1, 0.15) is 72.5 Å². The zero-order valence-corrected chi connectivity index (χ0v) is 28.0. The molecule has 2 fully saturated rings. The van der Waals surface area contributed by atoms with Crippen LogP contribution >= 0.6 is 0 Å². The maximum Gasteiger partial charge on any atom is 0.331 e. The van der Waals surface area contributed by atoms with Crippen molar-refractivity contribution in [2.45, 2.75) is 58.0 Å². The van der Waals surface area contributed by atoms with E-state index in [1.54, 1.807) is 55.5 Å². The number of ketones is 1. The predicted molar refractivity (Wildman–Crippen MR) is 181 cm³/mol. The number of rotatable bonds is 10. The van der Waals surface area contributed by atoms with Crippen LogP contribution in [0.25, 0.3) is 5.57 Å². The Bertz CT molecular complexity index is 1760. The van der Waals surface area contributed by atoms with Crippen LogP contribution < -0.4 is 9.47 Å². The highest BCUT2D eigenvalue weighted by molar-refractivity contribution is 6.09. The molecule has 0 aliphatic carbocycles. The third-order valence-corrected chi connectivity index (χ3v) is 7.94. The molecule has 0 radical (unpaired) electrons. The van der Waals surface area contributed by atoms with Crippen LogP contribution in [0.4, 0.5) is 17.6 Å². The number of halogens is 4. The molecule has 2 saturated heterocycles. The van der Waals surface area contributed by atoms with Crippen LogP contribution in [0.15, 0.2) is 91.0 Å². The lowest BCUT2D eigenvalue weighted by atomic mass is 9.97. The Morgan fingerprint density at radius 2 is 1.08 bits per heavy atom. The molecule has 4 aromatic carbocycles. The second-order valence-electron chi connectivity index (χ2n) is 11.8. The first-order chi connectivity index (χ1) is 24.7. The van der Waals surface area contributed by atoms with Crippen molar-refractivity contribution < 1.29 is 50.8 Å². The fraction of sp³-hybridized carbons (Fsp3) is 0.300. The van der Waals surface area contributed by atoms with Gasteiger partial charge in [-0.3, -0.25) is 4.79 Å². The van der Waals surface area contributed by atoms with E-state index < -0.39 is 35.0 Å². The standard InChI is InChI=1S/C22H22F2O4.C18H16F2O3/c1-2-26-21(25)14-20(16-11-17(23)13-18(24)12-16)15-6-8-19(9-7-15)28-22-5-3-4-10-27-22;19-14-9-13(10-15(20)11-14)18(21)12-4-6-16(7-5-12)23-17-3-1-2-8-22-17/h6-9,11-14,22H,2-5,10H2,1H3;4-7,9-11,17H,1-3,8H2. The summed E-state index contributed by atoms with van der Waals surface area (Å²) in [5.74, 6) is -2.80. The Labute approximate surface area is 293 Å². The summed E-state index contributed by atoms with van der Waals surface area (Å²) in [6.07, 6.45) is 6.56. The highest BCUT2D eigenvalue weighted by Crippen LogP contribution is 2.28. The highest BCUT2D eigenvalue weighted by atomic mass is 19.1. The van der Waals surface area contributed by atoms with Gasteiger partial charge in [0.25, 0.3) is 0 Å². The lowest BCUT2D eigenvalue weighted by Gasteiger charge is -2.23. The Balaban J connectivity index is 0.000000201. The normalized spacial score (nSPS) is 17.5. The molecule has 51 heavy (non-hydrogen) atoms. The SMILES string of the molecule is CCOC(=O)C=C(c1ccc(OC2CCCCO2)cc1)c1cc(F)cc(F)c1.O=C(c1ccc(OC2CCCCO2)cc1)c1cc(F)cc(F)c1. The summed E-state index contributed by atoms with van der Waals surface area (Å²) in [5, 5.41) is 0. The molecular weight excluding hydrogens is 668 g/mol. The second kappa shape index (κ2) is 18.3. The van der Waals surface area contributed by atoms with Crippen molar-refractivity contribution in [1.29, 1.82) is 0 Å². The number of hydrogen-bond acceptors (Lipinski definition) is 7. The quantitative estimate of drug-likeness (QED) is 0.0705. The summed E-state index contributed by atoms with van der Waals surface area (Å²) in [5.41, 5.74) is 1.53. The first-order valence-corrected chi connectivity index (χ1v) is 16.8. The Morgan fingerprint density at radius 1 is 0.627 bits per heavy atom. The first kappa shape index (κ1) is 37.3. The summed E-state index contributed by atoms with van der Waals surface area (Å²) in [7, 11) is 0. The predicted octanol–water partition coefficient (Wildman–Crippen LogP) is 8.97. The fourth-order valence-corrected chi connectivity index (χ4v) is 5.51. The molecule has 2 unspecified atom stereocenters. The zero-order chi connectivity index (χ0) is 36.2. The molecule has 2 heterocycles. The second-order valence-corrected chi connectivity index (χ2v) is 11.8. The van der Waals surface area contributed by atoms with Gasteiger partial charge in [-0.15, -0.1) is 0 Å². The molecule has 0 amide bonds. The van der Waals surface area contributed by atoms with Crippen LogP contribution in [0.5, 0.6) is 11.5 Å². The van der Waals surface area contributed by atoms with Gasteiger partial charge in [-0.1, -0.05) is 12.1 Å². The average Bonchev–Trinajstić information content (AvgIpc) is 3.11. The molecule has 268 valence electrons. The maximum absolute atomic E-state index is 13.7. The molecule has 2 aliphatic heterocycles. The molecule has 4 aromatic rings. The minimum Gasteiger partial charge on any atom is -0.465 e. The van der Waals surface area contributed by atoms with Crippen LogP contribution in [0.3, 0.4) is 0 Å². The first-order valence-electron chi connectivity index (χ1n) is 16.8. The maximum atomic E-state index is 13.7. The summed E-state index contributed by atoms with van der Waals surface area (Å²) >= 11 is 0. The van der Waals surface area contributed by atoms with E-state index in [9.17, 15) is 27.2 Å². The number of carbonyl (C=O) groups excluding carboxylic acids is 2. The van der Waals surface area contributed by atoms with Gasteiger partial charge in [0, 0.05) is 42.2 Å². The largest absolute Gasteiger partial charge is 0.465 e. The van der Waals surface area contributed by atoms with Crippen molar-refractivity contribution >= 4 is 17.3 Å². The number of hydrogen-bond donors (Lipinski definition) is 0. The third kappa shape index (κ3) is 11.2. The summed E-state index contributed by atoms with van der Waals surface area (Å²) < 4.78 is 81.3. The number of ether oxygens (including phenoxy) is 5. The zero-order valence-electron chi connectivity index (χ0n) is 28.0. The lowest BCUT2D eigenvalue weighted by Crippen LogP contribution is -2.24. The van der Waals surface area contributed by atoms with Gasteiger partial charge < -0.3 is 23.7 Å². The number of esters is 1. The average molecular weight is 707 g/mol. The smallest absolute Gasteiger partial charge is 0.331 e. The van der Waals surface area contributed by atoms with Crippen LogP contribution in [-0.4, -0.2) is 44.2 Å². The van der Waals surface area contributed by atoms with E-state index in [0.29, 0.717) is 41.4 Å². The minimum absolute atomic E-state index is 0.0215. The van der Waals surface area contributed by atoms with Gasteiger partial charge in [-0.2, -0.15) is 0 Å². The number of benzene rings is 4. The van der Waals surface area contributed by atoms with Crippen LogP contribution in [0.2, 0.25) is 0 Å². The van der Waals surface area contributed by atoms with Crippen LogP contribution in [0, 0.1) is 23.3 Å². The molecule has 2 aliphatic rings. The Kier molecular flexibility index (Phi) is 13.4. The molecule has 2 atom stereocenters. The lowest BCUT2D eigenvalue weighted by molar-refractivity contribution is -0.137. The van der Waals surface area contributed by atoms with Crippen molar-refractivity contribution in [1.82, 2.24) is 0 Å². The van der Waals surface area contributed by atoms with E-state index in [-0.39, 0.29) is 30.3 Å². The van der Waals surface area contributed by atoms with Crippen molar-refractivity contribution in [3.8, 4) is 11.5 Å². The highest BCUT2D eigenvalue weighted by Gasteiger charge is 2.18. The van der Waals surface area contributed by atoms with Crippen LogP contribution in [-0.2, 0) is 19.0 Å². The Hall–Kier alpha value is -5.00. The van der Waals surface area contributed by atoms with E-state index >= 15 is 0 Å². The molecule has 0 saturated carbocycles. The van der Waals surface area contributed by atoms with Gasteiger partial charge >= 0.3 is 5.97 Å². The molecule has 0 N–H and O–H groups in total. The molecule has 0 aromatic heterocycles. The molecule has 6 rings (SSSR count). The number of carbonyl (C=O) groups is 2. The van der Waals surface area contributed by atoms with E-state index in [1.165, 1.54) is 18.2 Å². The summed E-state index contributed by atoms with van der Waals surface area (Å²) in [6, 6.07) is 19.3. The van der Waals surface area contributed by atoms with E-state index in [4.69, 9.17) is 23.7 Å². The van der Waals surface area contributed by atoms with E-state index in [2.05, 4.69) is 0 Å². The van der Waals surface area contributed by atoms with Gasteiger partial charge in [0.15, 0.2) is 18.4 Å².